The number of allylic oxidation sites excluding steroid dienone is 2. The van der Waals surface area contributed by atoms with Crippen molar-refractivity contribution in [1.29, 1.82) is 5.26 Å². The molecular formula is C16H24BrN. The maximum absolute atomic E-state index is 9.14. The van der Waals surface area contributed by atoms with E-state index in [0.29, 0.717) is 33.9 Å². The van der Waals surface area contributed by atoms with Gasteiger partial charge in [0.1, 0.15) is 0 Å². The zero-order valence-electron chi connectivity index (χ0n) is 12.0. The first kappa shape index (κ1) is 14.1. The third-order valence-corrected chi connectivity index (χ3v) is 7.39. The zero-order valence-corrected chi connectivity index (χ0v) is 13.5. The lowest BCUT2D eigenvalue weighted by Gasteiger charge is -2.58. The van der Waals surface area contributed by atoms with Gasteiger partial charge in [0.25, 0.3) is 0 Å². The summed E-state index contributed by atoms with van der Waals surface area (Å²) in [6.45, 7) is 9.44. The van der Waals surface area contributed by atoms with Crippen molar-refractivity contribution < 1.29 is 0 Å². The van der Waals surface area contributed by atoms with Crippen LogP contribution in [0.5, 0.6) is 0 Å². The molecule has 0 aromatic rings. The highest BCUT2D eigenvalue weighted by Crippen LogP contribution is 2.61. The summed E-state index contributed by atoms with van der Waals surface area (Å²) in [7, 11) is 0. The first-order valence-electron chi connectivity index (χ1n) is 7.01. The van der Waals surface area contributed by atoms with Gasteiger partial charge in [-0.05, 0) is 48.9 Å². The van der Waals surface area contributed by atoms with E-state index in [1.165, 1.54) is 24.8 Å². The van der Waals surface area contributed by atoms with Gasteiger partial charge in [0.05, 0.1) is 6.07 Å². The predicted octanol–water partition coefficient (Wildman–Crippen LogP) is 5.07. The Bertz CT molecular complexity index is 404. The Labute approximate surface area is 120 Å². The van der Waals surface area contributed by atoms with Crippen molar-refractivity contribution in [3.63, 3.8) is 0 Å². The van der Waals surface area contributed by atoms with E-state index in [4.69, 9.17) is 5.26 Å². The Kier molecular flexibility index (Phi) is 3.67. The highest BCUT2D eigenvalue weighted by Gasteiger charge is 2.54. The SMILES string of the molecule is CC1=CCC2C(C)(C)[C@H](Br)CC[C@]2(C)[C@H]1CC#N. The minimum atomic E-state index is 0.308. The highest BCUT2D eigenvalue weighted by molar-refractivity contribution is 9.09. The second kappa shape index (κ2) is 4.67. The van der Waals surface area contributed by atoms with Crippen LogP contribution in [-0.2, 0) is 0 Å². The summed E-state index contributed by atoms with van der Waals surface area (Å²) in [4.78, 5) is 0.609. The molecule has 0 heterocycles. The van der Waals surface area contributed by atoms with Gasteiger partial charge in [0, 0.05) is 11.2 Å². The molecule has 2 heteroatoms. The van der Waals surface area contributed by atoms with Crippen LogP contribution in [0.1, 0.15) is 53.4 Å². The molecule has 0 aromatic heterocycles. The van der Waals surface area contributed by atoms with E-state index in [0.717, 1.165) is 0 Å². The average molecular weight is 310 g/mol. The van der Waals surface area contributed by atoms with Crippen molar-refractivity contribution in [1.82, 2.24) is 0 Å². The molecule has 0 amide bonds. The molecule has 0 saturated heterocycles. The highest BCUT2D eigenvalue weighted by atomic mass is 79.9. The van der Waals surface area contributed by atoms with Crippen LogP contribution in [0, 0.1) is 34.0 Å². The number of nitriles is 1. The number of hydrogen-bond donors (Lipinski definition) is 0. The van der Waals surface area contributed by atoms with Crippen LogP contribution in [0.4, 0.5) is 0 Å². The normalized spacial score (nSPS) is 42.7. The monoisotopic (exact) mass is 309 g/mol. The van der Waals surface area contributed by atoms with Crippen LogP contribution in [0.15, 0.2) is 11.6 Å². The molecule has 2 rings (SSSR count). The number of alkyl halides is 1. The summed E-state index contributed by atoms with van der Waals surface area (Å²) in [5, 5.41) is 9.14. The largest absolute Gasteiger partial charge is 0.198 e. The summed E-state index contributed by atoms with van der Waals surface area (Å²) < 4.78 is 0. The lowest BCUT2D eigenvalue weighted by molar-refractivity contribution is -0.0295. The molecule has 2 aliphatic rings. The fraction of sp³-hybridized carbons (Fsp3) is 0.812. The van der Waals surface area contributed by atoms with Gasteiger partial charge >= 0.3 is 0 Å². The summed E-state index contributed by atoms with van der Waals surface area (Å²) in [5.74, 6) is 1.14. The Morgan fingerprint density at radius 1 is 1.44 bits per heavy atom. The Balaban J connectivity index is 2.41. The predicted molar refractivity (Wildman–Crippen MR) is 79.4 cm³/mol. The third kappa shape index (κ3) is 1.95. The fourth-order valence-electron chi connectivity index (χ4n) is 4.49. The van der Waals surface area contributed by atoms with E-state index < -0.39 is 0 Å². The van der Waals surface area contributed by atoms with Gasteiger partial charge in [0.2, 0.25) is 0 Å². The minimum absolute atomic E-state index is 0.308. The van der Waals surface area contributed by atoms with Crippen molar-refractivity contribution in [3.8, 4) is 6.07 Å². The van der Waals surface area contributed by atoms with E-state index >= 15 is 0 Å². The van der Waals surface area contributed by atoms with Crippen LogP contribution >= 0.6 is 15.9 Å². The first-order chi connectivity index (χ1) is 8.34. The maximum Gasteiger partial charge on any atom is 0.0628 e. The molecule has 18 heavy (non-hydrogen) atoms. The standard InChI is InChI=1S/C16H24BrN/c1-11-5-6-13-15(2,3)14(17)7-9-16(13,4)12(11)8-10-18/h5,12-14H,6-9H2,1-4H3/t12-,13?,14+,16+/m0/s1. The Hall–Kier alpha value is -0.290. The average Bonchev–Trinajstić information content (AvgIpc) is 2.29. The van der Waals surface area contributed by atoms with Crippen molar-refractivity contribution in [2.45, 2.75) is 58.2 Å². The van der Waals surface area contributed by atoms with Gasteiger partial charge in [-0.1, -0.05) is 48.4 Å². The Morgan fingerprint density at radius 2 is 2.11 bits per heavy atom. The van der Waals surface area contributed by atoms with Gasteiger partial charge in [-0.3, -0.25) is 0 Å². The lowest BCUT2D eigenvalue weighted by Crippen LogP contribution is -2.52. The number of fused-ring (bicyclic) bond motifs is 1. The molecule has 2 aliphatic carbocycles. The molecule has 0 aliphatic heterocycles. The quantitative estimate of drug-likeness (QED) is 0.490. The van der Waals surface area contributed by atoms with E-state index in [1.807, 2.05) is 0 Å². The molecule has 1 unspecified atom stereocenters. The third-order valence-electron chi connectivity index (χ3n) is 5.75. The first-order valence-corrected chi connectivity index (χ1v) is 7.93. The van der Waals surface area contributed by atoms with Gasteiger partial charge in [-0.15, -0.1) is 0 Å². The molecule has 0 spiro atoms. The number of halogens is 1. The molecule has 4 atom stereocenters. The molecular weight excluding hydrogens is 286 g/mol. The summed E-state index contributed by atoms with van der Waals surface area (Å²) >= 11 is 3.88. The second-order valence-corrected chi connectivity index (χ2v) is 8.09. The molecule has 0 aromatic carbocycles. The lowest BCUT2D eigenvalue weighted by atomic mass is 9.48. The fourth-order valence-corrected chi connectivity index (χ4v) is 5.04. The van der Waals surface area contributed by atoms with Crippen molar-refractivity contribution in [2.24, 2.45) is 22.7 Å². The van der Waals surface area contributed by atoms with Crippen molar-refractivity contribution in [3.05, 3.63) is 11.6 Å². The second-order valence-electron chi connectivity index (χ2n) is 6.98. The van der Waals surface area contributed by atoms with Crippen LogP contribution in [-0.4, -0.2) is 4.83 Å². The Morgan fingerprint density at radius 3 is 2.72 bits per heavy atom. The van der Waals surface area contributed by atoms with E-state index in [-0.39, 0.29) is 0 Å². The van der Waals surface area contributed by atoms with Crippen LogP contribution < -0.4 is 0 Å². The van der Waals surface area contributed by atoms with Gasteiger partial charge in [-0.2, -0.15) is 5.26 Å². The van der Waals surface area contributed by atoms with Gasteiger partial charge in [-0.25, -0.2) is 0 Å². The number of hydrogen-bond acceptors (Lipinski definition) is 1. The molecule has 1 nitrogen and oxygen atoms in total. The molecule has 0 N–H and O–H groups in total. The molecule has 0 radical (unpaired) electrons. The van der Waals surface area contributed by atoms with Gasteiger partial charge in [0.15, 0.2) is 0 Å². The minimum Gasteiger partial charge on any atom is -0.198 e. The smallest absolute Gasteiger partial charge is 0.0628 e. The van der Waals surface area contributed by atoms with E-state index in [9.17, 15) is 0 Å². The molecule has 1 saturated carbocycles. The number of nitrogens with zero attached hydrogens (tertiary/aromatic N) is 1. The van der Waals surface area contributed by atoms with Crippen LogP contribution in [0.2, 0.25) is 0 Å². The zero-order chi connectivity index (χ0) is 13.6. The molecule has 0 bridgehead atoms. The van der Waals surface area contributed by atoms with Crippen LogP contribution in [0.3, 0.4) is 0 Å². The van der Waals surface area contributed by atoms with Gasteiger partial charge < -0.3 is 0 Å². The summed E-state index contributed by atoms with van der Waals surface area (Å²) in [6.07, 6.45) is 6.72. The van der Waals surface area contributed by atoms with E-state index in [2.05, 4.69) is 55.8 Å². The molecule has 1 fully saturated rings. The van der Waals surface area contributed by atoms with Crippen LogP contribution in [0.25, 0.3) is 0 Å². The summed E-state index contributed by atoms with van der Waals surface area (Å²) in [5.41, 5.74) is 2.07. The van der Waals surface area contributed by atoms with E-state index in [1.54, 1.807) is 0 Å². The van der Waals surface area contributed by atoms with Crippen molar-refractivity contribution >= 4 is 15.9 Å². The van der Waals surface area contributed by atoms with Crippen molar-refractivity contribution in [2.75, 3.05) is 0 Å². The maximum atomic E-state index is 9.14. The number of rotatable bonds is 1. The topological polar surface area (TPSA) is 23.8 Å². The molecule has 100 valence electrons. The summed E-state index contributed by atoms with van der Waals surface area (Å²) in [6, 6.07) is 2.41.